The Morgan fingerprint density at radius 1 is 1.12 bits per heavy atom. The van der Waals surface area contributed by atoms with Gasteiger partial charge in [0.2, 0.25) is 15.9 Å². The Morgan fingerprint density at radius 3 is 2.58 bits per heavy atom. The zero-order valence-electron chi connectivity index (χ0n) is 14.1. The van der Waals surface area contributed by atoms with Crippen molar-refractivity contribution in [1.82, 2.24) is 4.31 Å². The first-order chi connectivity index (χ1) is 12.5. The molecule has 2 aromatic rings. The molecule has 8 heteroatoms. The number of carbonyl (C=O) groups is 1. The van der Waals surface area contributed by atoms with E-state index in [-0.39, 0.29) is 36.0 Å². The predicted octanol–water partition coefficient (Wildman–Crippen LogP) is 1.60. The highest BCUT2D eigenvalue weighted by Gasteiger charge is 2.34. The maximum absolute atomic E-state index is 12.8. The highest BCUT2D eigenvalue weighted by Crippen LogP contribution is 2.30. The molecule has 7 nitrogen and oxygen atoms in total. The lowest BCUT2D eigenvalue weighted by molar-refractivity contribution is -0.120. The molecule has 0 aromatic heterocycles. The number of amides is 1. The molecular formula is C18H17N3O4S. The van der Waals surface area contributed by atoms with Gasteiger partial charge in [-0.15, -0.1) is 0 Å². The Kier molecular flexibility index (Phi) is 4.93. The lowest BCUT2D eigenvalue weighted by Gasteiger charge is -2.34. The van der Waals surface area contributed by atoms with Gasteiger partial charge in [0.05, 0.1) is 35.9 Å². The average Bonchev–Trinajstić information content (AvgIpc) is 2.68. The number of ether oxygens (including phenoxy) is 1. The topological polar surface area (TPSA) is 90.7 Å². The van der Waals surface area contributed by atoms with Crippen molar-refractivity contribution < 1.29 is 17.9 Å². The zero-order valence-corrected chi connectivity index (χ0v) is 14.9. The molecule has 0 radical (unpaired) electrons. The van der Waals surface area contributed by atoms with E-state index in [1.807, 2.05) is 6.07 Å². The Balaban J connectivity index is 1.84. The summed E-state index contributed by atoms with van der Waals surface area (Å²) < 4.78 is 32.0. The molecular weight excluding hydrogens is 354 g/mol. The van der Waals surface area contributed by atoms with Crippen LogP contribution in [0.15, 0.2) is 53.4 Å². The number of methoxy groups -OCH3 is 1. The minimum Gasteiger partial charge on any atom is -0.495 e. The molecule has 1 amide bonds. The van der Waals surface area contributed by atoms with E-state index in [0.717, 1.165) is 4.31 Å². The van der Waals surface area contributed by atoms with Crippen LogP contribution in [0, 0.1) is 11.3 Å². The summed E-state index contributed by atoms with van der Waals surface area (Å²) in [6, 6.07) is 14.8. The largest absolute Gasteiger partial charge is 0.495 e. The number of nitriles is 1. The molecule has 1 aliphatic heterocycles. The normalized spacial score (nSPS) is 15.5. The van der Waals surface area contributed by atoms with Crippen LogP contribution < -0.4 is 9.64 Å². The van der Waals surface area contributed by atoms with Crippen LogP contribution in [0.3, 0.4) is 0 Å². The minimum absolute atomic E-state index is 0.00934. The summed E-state index contributed by atoms with van der Waals surface area (Å²) in [6.45, 7) is 0.108. The van der Waals surface area contributed by atoms with Crippen LogP contribution in [-0.4, -0.2) is 45.4 Å². The third kappa shape index (κ3) is 3.27. The second kappa shape index (κ2) is 7.15. The molecule has 1 fully saturated rings. The van der Waals surface area contributed by atoms with Gasteiger partial charge in [0.1, 0.15) is 5.75 Å². The van der Waals surface area contributed by atoms with E-state index in [1.165, 1.54) is 36.3 Å². The molecule has 0 aliphatic carbocycles. The van der Waals surface area contributed by atoms with Crippen molar-refractivity contribution in [1.29, 1.82) is 5.26 Å². The van der Waals surface area contributed by atoms with Crippen molar-refractivity contribution in [2.75, 3.05) is 31.6 Å². The van der Waals surface area contributed by atoms with Crippen LogP contribution >= 0.6 is 0 Å². The number of piperazine rings is 1. The van der Waals surface area contributed by atoms with Gasteiger partial charge in [-0.3, -0.25) is 4.79 Å². The molecule has 0 atom stereocenters. The summed E-state index contributed by atoms with van der Waals surface area (Å²) in [5.41, 5.74) is 0.869. The smallest absolute Gasteiger partial charge is 0.243 e. The molecule has 3 rings (SSSR count). The average molecular weight is 371 g/mol. The highest BCUT2D eigenvalue weighted by molar-refractivity contribution is 7.89. The van der Waals surface area contributed by atoms with Gasteiger partial charge in [0, 0.05) is 13.1 Å². The minimum atomic E-state index is -3.85. The quantitative estimate of drug-likeness (QED) is 0.814. The van der Waals surface area contributed by atoms with Crippen LogP contribution in [0.25, 0.3) is 0 Å². The van der Waals surface area contributed by atoms with Gasteiger partial charge < -0.3 is 9.64 Å². The SMILES string of the molecule is COc1ccccc1N1CCN(S(=O)(=O)c2cccc(C#N)c2)CC1=O. The van der Waals surface area contributed by atoms with E-state index in [0.29, 0.717) is 11.4 Å². The molecule has 0 spiro atoms. The molecule has 0 unspecified atom stereocenters. The molecule has 0 saturated carbocycles. The maximum atomic E-state index is 12.8. The van der Waals surface area contributed by atoms with E-state index in [4.69, 9.17) is 10.00 Å². The van der Waals surface area contributed by atoms with Gasteiger partial charge in [-0.25, -0.2) is 8.42 Å². The zero-order chi connectivity index (χ0) is 18.7. The van der Waals surface area contributed by atoms with Crippen molar-refractivity contribution >= 4 is 21.6 Å². The molecule has 134 valence electrons. The summed E-state index contributed by atoms with van der Waals surface area (Å²) in [5.74, 6) is 0.222. The van der Waals surface area contributed by atoms with Crippen molar-refractivity contribution in [3.8, 4) is 11.8 Å². The number of sulfonamides is 1. The van der Waals surface area contributed by atoms with E-state index in [2.05, 4.69) is 0 Å². The molecule has 26 heavy (non-hydrogen) atoms. The number of para-hydroxylation sites is 2. The Morgan fingerprint density at radius 2 is 1.88 bits per heavy atom. The third-order valence-corrected chi connectivity index (χ3v) is 6.00. The van der Waals surface area contributed by atoms with Crippen LogP contribution in [0.2, 0.25) is 0 Å². The molecule has 0 N–H and O–H groups in total. The lowest BCUT2D eigenvalue weighted by atomic mass is 10.2. The Bertz CT molecular complexity index is 982. The summed E-state index contributed by atoms with van der Waals surface area (Å²) in [6.07, 6.45) is 0. The highest BCUT2D eigenvalue weighted by atomic mass is 32.2. The van der Waals surface area contributed by atoms with E-state index in [1.54, 1.807) is 24.3 Å². The summed E-state index contributed by atoms with van der Waals surface area (Å²) in [7, 11) is -2.33. The maximum Gasteiger partial charge on any atom is 0.243 e. The number of rotatable bonds is 4. The van der Waals surface area contributed by atoms with Crippen LogP contribution in [0.4, 0.5) is 5.69 Å². The van der Waals surface area contributed by atoms with Crippen molar-refractivity contribution in [3.63, 3.8) is 0 Å². The number of hydrogen-bond donors (Lipinski definition) is 0. The van der Waals surface area contributed by atoms with Gasteiger partial charge in [-0.05, 0) is 30.3 Å². The van der Waals surface area contributed by atoms with Crippen molar-refractivity contribution in [2.45, 2.75) is 4.90 Å². The predicted molar refractivity (Wildman–Crippen MR) is 95.3 cm³/mol. The van der Waals surface area contributed by atoms with E-state index in [9.17, 15) is 13.2 Å². The van der Waals surface area contributed by atoms with Crippen molar-refractivity contribution in [3.05, 3.63) is 54.1 Å². The fourth-order valence-corrected chi connectivity index (χ4v) is 4.27. The Labute approximate surface area is 152 Å². The number of hydrogen-bond acceptors (Lipinski definition) is 5. The first-order valence-corrected chi connectivity index (χ1v) is 9.35. The fraction of sp³-hybridized carbons (Fsp3) is 0.222. The van der Waals surface area contributed by atoms with Gasteiger partial charge in [-0.2, -0.15) is 9.57 Å². The standard InChI is InChI=1S/C18H17N3O4S/c1-25-17-8-3-2-7-16(17)21-10-9-20(13-18(21)22)26(23,24)15-6-4-5-14(11-15)12-19/h2-8,11H,9-10,13H2,1H3. The summed E-state index contributed by atoms with van der Waals surface area (Å²) >= 11 is 0. The van der Waals surface area contributed by atoms with Gasteiger partial charge in [0.25, 0.3) is 0 Å². The van der Waals surface area contributed by atoms with Crippen LogP contribution in [0.1, 0.15) is 5.56 Å². The van der Waals surface area contributed by atoms with Gasteiger partial charge in [0.15, 0.2) is 0 Å². The first kappa shape index (κ1) is 17.9. The number of carbonyl (C=O) groups excluding carboxylic acids is 1. The fourth-order valence-electron chi connectivity index (χ4n) is 2.84. The third-order valence-electron chi connectivity index (χ3n) is 4.16. The molecule has 1 aliphatic rings. The molecule has 0 bridgehead atoms. The second-order valence-electron chi connectivity index (χ2n) is 5.70. The lowest BCUT2D eigenvalue weighted by Crippen LogP contribution is -2.52. The monoisotopic (exact) mass is 371 g/mol. The molecule has 1 saturated heterocycles. The van der Waals surface area contributed by atoms with Crippen LogP contribution in [-0.2, 0) is 14.8 Å². The van der Waals surface area contributed by atoms with Gasteiger partial charge >= 0.3 is 0 Å². The Hall–Kier alpha value is -2.89. The van der Waals surface area contributed by atoms with Crippen LogP contribution in [0.5, 0.6) is 5.75 Å². The first-order valence-electron chi connectivity index (χ1n) is 7.91. The number of benzene rings is 2. The molecule has 2 aromatic carbocycles. The van der Waals surface area contributed by atoms with E-state index >= 15 is 0 Å². The summed E-state index contributed by atoms with van der Waals surface area (Å²) in [4.78, 5) is 14.1. The van der Waals surface area contributed by atoms with E-state index < -0.39 is 10.0 Å². The van der Waals surface area contributed by atoms with Gasteiger partial charge in [-0.1, -0.05) is 18.2 Å². The molecule has 1 heterocycles. The van der Waals surface area contributed by atoms with Crippen molar-refractivity contribution in [2.24, 2.45) is 0 Å². The number of anilines is 1. The number of nitrogens with zero attached hydrogens (tertiary/aromatic N) is 3. The summed E-state index contributed by atoms with van der Waals surface area (Å²) in [5, 5.41) is 8.96. The second-order valence-corrected chi connectivity index (χ2v) is 7.63.